The van der Waals surface area contributed by atoms with E-state index in [9.17, 15) is 9.59 Å². The number of nitrogens with two attached hydrogens (primary N) is 1. The maximum Gasteiger partial charge on any atom is 0.230 e. The Morgan fingerprint density at radius 2 is 1.75 bits per heavy atom. The molecule has 1 aliphatic rings. The summed E-state index contributed by atoms with van der Waals surface area (Å²) in [5.41, 5.74) is 5.41. The number of likely N-dealkylation sites (tertiary alicyclic amines) is 1. The molecule has 118 valence electrons. The number of nitrogens with zero attached hydrogens (tertiary/aromatic N) is 1. The number of rotatable bonds is 5. The molecule has 0 aliphatic carbocycles. The van der Waals surface area contributed by atoms with Crippen LogP contribution in [-0.4, -0.2) is 43.4 Å². The van der Waals surface area contributed by atoms with Gasteiger partial charge in [-0.1, -0.05) is 13.8 Å². The summed E-state index contributed by atoms with van der Waals surface area (Å²) in [6, 6.07) is 0. The molecule has 0 bridgehead atoms. The van der Waals surface area contributed by atoms with Gasteiger partial charge in [0.15, 0.2) is 0 Å². The molecule has 1 saturated heterocycles. The van der Waals surface area contributed by atoms with Gasteiger partial charge in [-0.15, -0.1) is 12.4 Å². The van der Waals surface area contributed by atoms with Crippen LogP contribution in [0, 0.1) is 11.3 Å². The van der Waals surface area contributed by atoms with E-state index in [1.807, 2.05) is 18.7 Å². The smallest absolute Gasteiger partial charge is 0.230 e. The number of piperidine rings is 1. The molecule has 0 atom stereocenters. The zero-order valence-corrected chi connectivity index (χ0v) is 13.6. The lowest BCUT2D eigenvalue weighted by molar-refractivity contribution is -0.145. The van der Waals surface area contributed by atoms with Crippen LogP contribution in [-0.2, 0) is 9.59 Å². The van der Waals surface area contributed by atoms with Gasteiger partial charge in [0.25, 0.3) is 0 Å². The molecule has 0 aromatic carbocycles. The molecule has 1 aliphatic heterocycles. The Hall–Kier alpha value is -0.810. The second-order valence-corrected chi connectivity index (χ2v) is 5.37. The summed E-state index contributed by atoms with van der Waals surface area (Å²) < 4.78 is 0. The van der Waals surface area contributed by atoms with Crippen molar-refractivity contribution < 1.29 is 9.59 Å². The maximum absolute atomic E-state index is 12.6. The monoisotopic (exact) mass is 305 g/mol. The zero-order chi connectivity index (χ0) is 14.5. The molecule has 0 saturated carbocycles. The molecule has 1 rings (SSSR count). The lowest BCUT2D eigenvalue weighted by atomic mass is 9.80. The highest BCUT2D eigenvalue weighted by molar-refractivity contribution is 5.85. The molecule has 6 heteroatoms. The van der Waals surface area contributed by atoms with Crippen LogP contribution in [0.4, 0.5) is 0 Å². The van der Waals surface area contributed by atoms with Crippen molar-refractivity contribution in [2.75, 3.05) is 26.7 Å². The maximum atomic E-state index is 12.6. The highest BCUT2D eigenvalue weighted by Crippen LogP contribution is 2.30. The van der Waals surface area contributed by atoms with Gasteiger partial charge in [-0.25, -0.2) is 0 Å². The van der Waals surface area contributed by atoms with Gasteiger partial charge in [-0.2, -0.15) is 0 Å². The van der Waals surface area contributed by atoms with Crippen molar-refractivity contribution >= 4 is 24.2 Å². The minimum Gasteiger partial charge on any atom is -0.359 e. The summed E-state index contributed by atoms with van der Waals surface area (Å²) in [6.07, 6.45) is 3.04. The van der Waals surface area contributed by atoms with Crippen molar-refractivity contribution in [1.29, 1.82) is 0 Å². The third-order valence-electron chi connectivity index (χ3n) is 4.60. The van der Waals surface area contributed by atoms with Crippen LogP contribution in [0.3, 0.4) is 0 Å². The zero-order valence-electron chi connectivity index (χ0n) is 12.8. The molecular formula is C14H28ClN3O2. The Morgan fingerprint density at radius 1 is 1.25 bits per heavy atom. The SMILES string of the molecule is CCC(CC)(CN)C(=O)N1CCC(C(=O)NC)CC1.Cl. The van der Waals surface area contributed by atoms with E-state index >= 15 is 0 Å². The first kappa shape index (κ1) is 19.2. The van der Waals surface area contributed by atoms with Gasteiger partial charge < -0.3 is 16.0 Å². The number of carbonyl (C=O) groups excluding carboxylic acids is 2. The van der Waals surface area contributed by atoms with Crippen LogP contribution >= 0.6 is 12.4 Å². The molecule has 0 unspecified atom stereocenters. The van der Waals surface area contributed by atoms with Crippen molar-refractivity contribution in [3.05, 3.63) is 0 Å². The highest BCUT2D eigenvalue weighted by atomic mass is 35.5. The predicted molar refractivity (Wildman–Crippen MR) is 82.7 cm³/mol. The van der Waals surface area contributed by atoms with Crippen LogP contribution in [0.5, 0.6) is 0 Å². The summed E-state index contributed by atoms with van der Waals surface area (Å²) in [7, 11) is 1.66. The van der Waals surface area contributed by atoms with Gasteiger partial charge in [0.05, 0.1) is 5.41 Å². The summed E-state index contributed by atoms with van der Waals surface area (Å²) in [4.78, 5) is 26.1. The van der Waals surface area contributed by atoms with E-state index in [0.717, 1.165) is 25.7 Å². The molecular weight excluding hydrogens is 278 g/mol. The van der Waals surface area contributed by atoms with E-state index in [1.54, 1.807) is 7.05 Å². The quantitative estimate of drug-likeness (QED) is 0.800. The van der Waals surface area contributed by atoms with Crippen LogP contribution in [0.2, 0.25) is 0 Å². The van der Waals surface area contributed by atoms with Crippen molar-refractivity contribution in [3.63, 3.8) is 0 Å². The van der Waals surface area contributed by atoms with Crippen LogP contribution < -0.4 is 11.1 Å². The molecule has 1 heterocycles. The first-order valence-electron chi connectivity index (χ1n) is 7.25. The number of amides is 2. The van der Waals surface area contributed by atoms with Crippen molar-refractivity contribution in [1.82, 2.24) is 10.2 Å². The lowest BCUT2D eigenvalue weighted by Gasteiger charge is -2.38. The Labute approximate surface area is 128 Å². The first-order chi connectivity index (χ1) is 9.04. The van der Waals surface area contributed by atoms with E-state index in [4.69, 9.17) is 5.73 Å². The molecule has 3 N–H and O–H groups in total. The number of hydrogen-bond donors (Lipinski definition) is 2. The Kier molecular flexibility index (Phi) is 8.13. The second-order valence-electron chi connectivity index (χ2n) is 5.37. The average Bonchev–Trinajstić information content (AvgIpc) is 2.48. The molecule has 0 aromatic heterocycles. The summed E-state index contributed by atoms with van der Waals surface area (Å²) in [5, 5.41) is 2.68. The molecule has 0 radical (unpaired) electrons. The van der Waals surface area contributed by atoms with Crippen molar-refractivity contribution in [2.45, 2.75) is 39.5 Å². The van der Waals surface area contributed by atoms with E-state index in [0.29, 0.717) is 19.6 Å². The number of halogens is 1. The van der Waals surface area contributed by atoms with Gasteiger partial charge in [0.1, 0.15) is 0 Å². The fourth-order valence-electron chi connectivity index (χ4n) is 2.81. The fraction of sp³-hybridized carbons (Fsp3) is 0.857. The van der Waals surface area contributed by atoms with Crippen LogP contribution in [0.25, 0.3) is 0 Å². The highest BCUT2D eigenvalue weighted by Gasteiger charge is 2.38. The van der Waals surface area contributed by atoms with E-state index in [2.05, 4.69) is 5.32 Å². The number of carbonyl (C=O) groups is 2. The van der Waals surface area contributed by atoms with Crippen LogP contribution in [0.15, 0.2) is 0 Å². The second kappa shape index (κ2) is 8.47. The normalized spacial score (nSPS) is 16.5. The molecule has 0 spiro atoms. The van der Waals surface area contributed by atoms with Crippen molar-refractivity contribution in [2.24, 2.45) is 17.1 Å². The van der Waals surface area contributed by atoms with E-state index < -0.39 is 5.41 Å². The summed E-state index contributed by atoms with van der Waals surface area (Å²) in [6.45, 7) is 5.77. The summed E-state index contributed by atoms with van der Waals surface area (Å²) in [5.74, 6) is 0.295. The van der Waals surface area contributed by atoms with Gasteiger partial charge >= 0.3 is 0 Å². The number of nitrogens with one attached hydrogen (secondary N) is 1. The topological polar surface area (TPSA) is 75.4 Å². The average molecular weight is 306 g/mol. The van der Waals surface area contributed by atoms with Crippen LogP contribution in [0.1, 0.15) is 39.5 Å². The Bertz CT molecular complexity index is 316. The number of hydrogen-bond acceptors (Lipinski definition) is 3. The molecule has 2 amide bonds. The van der Waals surface area contributed by atoms with E-state index in [1.165, 1.54) is 0 Å². The summed E-state index contributed by atoms with van der Waals surface area (Å²) >= 11 is 0. The van der Waals surface area contributed by atoms with Gasteiger partial charge in [0.2, 0.25) is 11.8 Å². The minimum atomic E-state index is -0.417. The molecule has 20 heavy (non-hydrogen) atoms. The third kappa shape index (κ3) is 3.85. The fourth-order valence-corrected chi connectivity index (χ4v) is 2.81. The van der Waals surface area contributed by atoms with E-state index in [-0.39, 0.29) is 30.1 Å². The van der Waals surface area contributed by atoms with Gasteiger partial charge in [-0.3, -0.25) is 9.59 Å². The third-order valence-corrected chi connectivity index (χ3v) is 4.60. The molecule has 0 aromatic rings. The standard InChI is InChI=1S/C14H27N3O2.ClH/c1-4-14(5-2,10-15)13(19)17-8-6-11(7-9-17)12(18)16-3;/h11H,4-10,15H2,1-3H3,(H,16,18);1H. The van der Waals surface area contributed by atoms with Crippen molar-refractivity contribution in [3.8, 4) is 0 Å². The Morgan fingerprint density at radius 3 is 2.10 bits per heavy atom. The molecule has 1 fully saturated rings. The molecule has 5 nitrogen and oxygen atoms in total. The predicted octanol–water partition coefficient (Wildman–Crippen LogP) is 1.16. The first-order valence-corrected chi connectivity index (χ1v) is 7.25. The van der Waals surface area contributed by atoms with Gasteiger partial charge in [-0.05, 0) is 25.7 Å². The minimum absolute atomic E-state index is 0. The van der Waals surface area contributed by atoms with Gasteiger partial charge in [0, 0.05) is 32.6 Å². The largest absolute Gasteiger partial charge is 0.359 e. The Balaban J connectivity index is 0.00000361. The lowest BCUT2D eigenvalue weighted by Crippen LogP contribution is -2.51.